The van der Waals surface area contributed by atoms with Gasteiger partial charge in [-0.3, -0.25) is 4.79 Å². The highest BCUT2D eigenvalue weighted by atomic mass is 16.4. The fourth-order valence-electron chi connectivity index (χ4n) is 1.91. The summed E-state index contributed by atoms with van der Waals surface area (Å²) >= 11 is 0. The first-order valence-electron chi connectivity index (χ1n) is 6.11. The van der Waals surface area contributed by atoms with Gasteiger partial charge in [-0.2, -0.15) is 0 Å². The van der Waals surface area contributed by atoms with Crippen molar-refractivity contribution < 1.29 is 14.7 Å². The number of rotatable bonds is 5. The Kier molecular flexibility index (Phi) is 4.01. The molecule has 0 aliphatic heterocycles. The molecule has 0 unspecified atom stereocenters. The molecule has 2 amide bonds. The lowest BCUT2D eigenvalue weighted by Crippen LogP contribution is -2.59. The number of carbonyl (C=O) groups is 2. The molecule has 0 aromatic rings. The lowest BCUT2D eigenvalue weighted by atomic mass is 9.74. The lowest BCUT2D eigenvalue weighted by Gasteiger charge is -2.42. The van der Waals surface area contributed by atoms with E-state index in [1.807, 2.05) is 20.8 Å². The Labute approximate surface area is 102 Å². The number of carboxylic acid groups (broad SMARTS) is 1. The molecule has 17 heavy (non-hydrogen) atoms. The van der Waals surface area contributed by atoms with E-state index in [0.717, 1.165) is 25.7 Å². The van der Waals surface area contributed by atoms with Crippen LogP contribution in [0.1, 0.15) is 52.9 Å². The zero-order valence-corrected chi connectivity index (χ0v) is 10.8. The first kappa shape index (κ1) is 13.8. The minimum Gasteiger partial charge on any atom is -0.481 e. The Morgan fingerprint density at radius 1 is 1.35 bits per heavy atom. The minimum atomic E-state index is -0.861. The van der Waals surface area contributed by atoms with Gasteiger partial charge in [-0.25, -0.2) is 4.79 Å². The van der Waals surface area contributed by atoms with Gasteiger partial charge in [0.1, 0.15) is 0 Å². The highest BCUT2D eigenvalue weighted by Gasteiger charge is 2.40. The van der Waals surface area contributed by atoms with Gasteiger partial charge < -0.3 is 15.7 Å². The van der Waals surface area contributed by atoms with Crippen LogP contribution in [0.4, 0.5) is 4.79 Å². The highest BCUT2D eigenvalue weighted by molar-refractivity contribution is 5.77. The van der Waals surface area contributed by atoms with Crippen molar-refractivity contribution in [1.29, 1.82) is 0 Å². The number of urea groups is 1. The first-order valence-corrected chi connectivity index (χ1v) is 6.11. The molecule has 0 saturated heterocycles. The van der Waals surface area contributed by atoms with Crippen LogP contribution in [-0.4, -0.2) is 28.2 Å². The van der Waals surface area contributed by atoms with Gasteiger partial charge in [0, 0.05) is 5.54 Å². The third-order valence-corrected chi connectivity index (χ3v) is 3.51. The second-order valence-electron chi connectivity index (χ2n) is 5.52. The van der Waals surface area contributed by atoms with E-state index in [0.29, 0.717) is 0 Å². The summed E-state index contributed by atoms with van der Waals surface area (Å²) in [4.78, 5) is 22.6. The summed E-state index contributed by atoms with van der Waals surface area (Å²) in [5, 5.41) is 14.5. The number of carbonyl (C=O) groups excluding carboxylic acids is 1. The van der Waals surface area contributed by atoms with Crippen LogP contribution in [0.25, 0.3) is 0 Å². The first-order chi connectivity index (χ1) is 7.79. The molecular formula is C12H22N2O3. The van der Waals surface area contributed by atoms with E-state index in [4.69, 9.17) is 5.11 Å². The third-order valence-electron chi connectivity index (χ3n) is 3.51. The summed E-state index contributed by atoms with van der Waals surface area (Å²) in [7, 11) is 0. The summed E-state index contributed by atoms with van der Waals surface area (Å²) in [6, 6.07) is -0.266. The molecule has 5 nitrogen and oxygen atoms in total. The monoisotopic (exact) mass is 242 g/mol. The number of aliphatic carboxylic acids is 1. The van der Waals surface area contributed by atoms with E-state index < -0.39 is 11.5 Å². The van der Waals surface area contributed by atoms with Gasteiger partial charge in [-0.1, -0.05) is 6.92 Å². The molecule has 0 radical (unpaired) electrons. The van der Waals surface area contributed by atoms with Crippen molar-refractivity contribution in [2.24, 2.45) is 0 Å². The van der Waals surface area contributed by atoms with E-state index in [1.54, 1.807) is 0 Å². The Morgan fingerprint density at radius 2 is 1.94 bits per heavy atom. The SMILES string of the molecule is CCC(C)(C)NC(=O)NC1(CC(=O)O)CCC1. The zero-order valence-electron chi connectivity index (χ0n) is 10.8. The van der Waals surface area contributed by atoms with Crippen LogP contribution in [0.2, 0.25) is 0 Å². The molecule has 5 heteroatoms. The van der Waals surface area contributed by atoms with Crippen LogP contribution in [0.15, 0.2) is 0 Å². The molecule has 0 spiro atoms. The molecular weight excluding hydrogens is 220 g/mol. The van der Waals surface area contributed by atoms with Crippen molar-refractivity contribution in [3.05, 3.63) is 0 Å². The molecule has 0 bridgehead atoms. The molecule has 3 N–H and O–H groups in total. The Morgan fingerprint density at radius 3 is 2.29 bits per heavy atom. The molecule has 1 aliphatic rings. The summed E-state index contributed by atoms with van der Waals surface area (Å²) in [6.45, 7) is 5.88. The second kappa shape index (κ2) is 4.94. The molecule has 0 aromatic carbocycles. The Bertz CT molecular complexity index is 309. The summed E-state index contributed by atoms with van der Waals surface area (Å²) in [5.74, 6) is -0.861. The van der Waals surface area contributed by atoms with Gasteiger partial charge in [-0.15, -0.1) is 0 Å². The molecule has 1 aliphatic carbocycles. The number of nitrogens with one attached hydrogen (secondary N) is 2. The number of hydrogen-bond acceptors (Lipinski definition) is 2. The van der Waals surface area contributed by atoms with Gasteiger partial charge in [0.05, 0.1) is 12.0 Å². The minimum absolute atomic E-state index is 0.00692. The van der Waals surface area contributed by atoms with Crippen LogP contribution < -0.4 is 10.6 Å². The van der Waals surface area contributed by atoms with Crippen molar-refractivity contribution in [2.45, 2.75) is 64.0 Å². The Hall–Kier alpha value is -1.26. The van der Waals surface area contributed by atoms with Crippen LogP contribution in [-0.2, 0) is 4.79 Å². The average Bonchev–Trinajstić information content (AvgIpc) is 2.12. The molecule has 1 fully saturated rings. The van der Waals surface area contributed by atoms with Gasteiger partial charge in [0.2, 0.25) is 0 Å². The topological polar surface area (TPSA) is 78.4 Å². The molecule has 1 saturated carbocycles. The maximum atomic E-state index is 11.8. The molecule has 0 aromatic heterocycles. The van der Waals surface area contributed by atoms with E-state index in [2.05, 4.69) is 10.6 Å². The standard InChI is InChI=1S/C12H22N2O3/c1-4-11(2,3)13-10(17)14-12(6-5-7-12)8-9(15)16/h4-8H2,1-3H3,(H,15,16)(H2,13,14,17). The fourth-order valence-corrected chi connectivity index (χ4v) is 1.91. The van der Waals surface area contributed by atoms with Gasteiger partial charge in [0.15, 0.2) is 0 Å². The normalized spacial score (nSPS) is 18.1. The lowest BCUT2D eigenvalue weighted by molar-refractivity contribution is -0.139. The van der Waals surface area contributed by atoms with Crippen LogP contribution in [0.5, 0.6) is 0 Å². The number of carboxylic acids is 1. The largest absolute Gasteiger partial charge is 0.481 e. The van der Waals surface area contributed by atoms with Crippen molar-refractivity contribution in [3.8, 4) is 0 Å². The number of hydrogen-bond donors (Lipinski definition) is 3. The smallest absolute Gasteiger partial charge is 0.315 e. The van der Waals surface area contributed by atoms with Crippen LogP contribution in [0.3, 0.4) is 0 Å². The van der Waals surface area contributed by atoms with Gasteiger partial charge in [0.25, 0.3) is 0 Å². The predicted octanol–water partition coefficient (Wildman–Crippen LogP) is 1.87. The summed E-state index contributed by atoms with van der Waals surface area (Å²) in [6.07, 6.45) is 3.31. The van der Waals surface area contributed by atoms with Crippen molar-refractivity contribution in [2.75, 3.05) is 0 Å². The molecule has 0 atom stereocenters. The molecule has 1 rings (SSSR count). The average molecular weight is 242 g/mol. The highest BCUT2D eigenvalue weighted by Crippen LogP contribution is 2.34. The third kappa shape index (κ3) is 3.91. The maximum absolute atomic E-state index is 11.8. The quantitative estimate of drug-likeness (QED) is 0.688. The van der Waals surface area contributed by atoms with Crippen molar-refractivity contribution in [3.63, 3.8) is 0 Å². The Balaban J connectivity index is 2.51. The zero-order chi connectivity index (χ0) is 13.1. The second-order valence-corrected chi connectivity index (χ2v) is 5.52. The van der Waals surface area contributed by atoms with Crippen molar-refractivity contribution >= 4 is 12.0 Å². The van der Waals surface area contributed by atoms with Gasteiger partial charge in [-0.05, 0) is 39.5 Å². The van der Waals surface area contributed by atoms with Crippen LogP contribution >= 0.6 is 0 Å². The maximum Gasteiger partial charge on any atom is 0.315 e. The van der Waals surface area contributed by atoms with Crippen molar-refractivity contribution in [1.82, 2.24) is 10.6 Å². The fraction of sp³-hybridized carbons (Fsp3) is 0.833. The summed E-state index contributed by atoms with van der Waals surface area (Å²) < 4.78 is 0. The number of amides is 2. The van der Waals surface area contributed by atoms with Gasteiger partial charge >= 0.3 is 12.0 Å². The van der Waals surface area contributed by atoms with E-state index in [1.165, 1.54) is 0 Å². The molecule has 98 valence electrons. The predicted molar refractivity (Wildman–Crippen MR) is 64.9 cm³/mol. The van der Waals surface area contributed by atoms with E-state index in [9.17, 15) is 9.59 Å². The van der Waals surface area contributed by atoms with Crippen LogP contribution in [0, 0.1) is 0 Å². The van der Waals surface area contributed by atoms with E-state index >= 15 is 0 Å². The molecule has 0 heterocycles. The summed E-state index contributed by atoms with van der Waals surface area (Å²) in [5.41, 5.74) is -0.794. The van der Waals surface area contributed by atoms with E-state index in [-0.39, 0.29) is 18.0 Å².